The predicted molar refractivity (Wildman–Crippen MR) is 76.2 cm³/mol. The van der Waals surface area contributed by atoms with Crippen LogP contribution in [0.15, 0.2) is 35.6 Å². The van der Waals surface area contributed by atoms with Crippen LogP contribution in [0.2, 0.25) is 0 Å². The molecule has 0 aliphatic carbocycles. The van der Waals surface area contributed by atoms with E-state index in [0.717, 1.165) is 27.8 Å². The van der Waals surface area contributed by atoms with Crippen LogP contribution in [0.4, 0.5) is 0 Å². The van der Waals surface area contributed by atoms with E-state index in [1.165, 1.54) is 0 Å². The van der Waals surface area contributed by atoms with Gasteiger partial charge >= 0.3 is 0 Å². The van der Waals surface area contributed by atoms with Gasteiger partial charge in [0.15, 0.2) is 5.16 Å². The Balaban J connectivity index is 2.31. The lowest BCUT2D eigenvalue weighted by atomic mass is 10.3. The number of hydrogen-bond donors (Lipinski definition) is 0. The Morgan fingerprint density at radius 1 is 1.26 bits per heavy atom. The van der Waals surface area contributed by atoms with Gasteiger partial charge in [-0.25, -0.2) is 4.98 Å². The highest BCUT2D eigenvalue weighted by molar-refractivity contribution is 7.98. The average Bonchev–Trinajstić information content (AvgIpc) is 3.00. The third-order valence-electron chi connectivity index (χ3n) is 3.04. The van der Waals surface area contributed by atoms with Gasteiger partial charge in [0.25, 0.3) is 0 Å². The van der Waals surface area contributed by atoms with Crippen LogP contribution in [-0.2, 0) is 7.05 Å². The van der Waals surface area contributed by atoms with Crippen molar-refractivity contribution in [1.29, 1.82) is 0 Å². The second-order valence-corrected chi connectivity index (χ2v) is 4.87. The zero-order chi connectivity index (χ0) is 13.4. The molecule has 0 amide bonds. The van der Waals surface area contributed by atoms with E-state index in [4.69, 9.17) is 4.74 Å². The topological polar surface area (TPSA) is 44.9 Å². The molecule has 5 nitrogen and oxygen atoms in total. The van der Waals surface area contributed by atoms with Gasteiger partial charge in [-0.15, -0.1) is 0 Å². The Bertz CT molecular complexity index is 731. The first-order valence-corrected chi connectivity index (χ1v) is 7.06. The first-order chi connectivity index (χ1) is 9.24. The Labute approximate surface area is 115 Å². The lowest BCUT2D eigenvalue weighted by Crippen LogP contribution is -2.03. The van der Waals surface area contributed by atoms with Gasteiger partial charge in [-0.3, -0.25) is 9.25 Å². The third kappa shape index (κ3) is 1.88. The van der Waals surface area contributed by atoms with Crippen molar-refractivity contribution in [3.63, 3.8) is 0 Å². The number of aromatic nitrogens is 4. The minimum absolute atomic E-state index is 0.815. The summed E-state index contributed by atoms with van der Waals surface area (Å²) in [6.07, 6.45) is 3.81. The average molecular weight is 274 g/mol. The Morgan fingerprint density at radius 3 is 2.74 bits per heavy atom. The largest absolute Gasteiger partial charge is 0.497 e. The second-order valence-electron chi connectivity index (χ2n) is 4.10. The van der Waals surface area contributed by atoms with Gasteiger partial charge in [-0.2, -0.15) is 5.10 Å². The fraction of sp³-hybridized carbons (Fsp3) is 0.231. The molecule has 2 heterocycles. The van der Waals surface area contributed by atoms with Crippen LogP contribution in [0.1, 0.15) is 0 Å². The van der Waals surface area contributed by atoms with Crippen LogP contribution in [0, 0.1) is 0 Å². The van der Waals surface area contributed by atoms with Crippen LogP contribution < -0.4 is 4.74 Å². The molecule has 0 N–H and O–H groups in total. The maximum atomic E-state index is 5.25. The molecule has 1 aromatic carbocycles. The Kier molecular flexibility index (Phi) is 2.94. The van der Waals surface area contributed by atoms with E-state index in [1.807, 2.05) is 42.3 Å². The van der Waals surface area contributed by atoms with E-state index in [1.54, 1.807) is 25.1 Å². The second kappa shape index (κ2) is 4.62. The van der Waals surface area contributed by atoms with Crippen LogP contribution in [0.25, 0.3) is 16.9 Å². The molecular weight excluding hydrogens is 260 g/mol. The van der Waals surface area contributed by atoms with Crippen molar-refractivity contribution in [1.82, 2.24) is 19.3 Å². The molecule has 0 aliphatic rings. The summed E-state index contributed by atoms with van der Waals surface area (Å²) in [6, 6.07) is 7.89. The number of hydrogen-bond acceptors (Lipinski definition) is 4. The molecule has 0 aliphatic heterocycles. The van der Waals surface area contributed by atoms with Gasteiger partial charge in [0.2, 0.25) is 0 Å². The number of methoxy groups -OCH3 is 1. The maximum Gasteiger partial charge on any atom is 0.174 e. The molecule has 0 saturated carbocycles. The third-order valence-corrected chi connectivity index (χ3v) is 3.68. The molecule has 19 heavy (non-hydrogen) atoms. The monoisotopic (exact) mass is 274 g/mol. The van der Waals surface area contributed by atoms with Gasteiger partial charge in [-0.05, 0) is 18.4 Å². The molecule has 3 rings (SSSR count). The van der Waals surface area contributed by atoms with E-state index >= 15 is 0 Å². The molecule has 2 aromatic heterocycles. The number of ether oxygens (including phenoxy) is 1. The molecule has 0 atom stereocenters. The quantitative estimate of drug-likeness (QED) is 0.688. The number of aryl methyl sites for hydroxylation is 1. The highest BCUT2D eigenvalue weighted by Crippen LogP contribution is 2.28. The van der Waals surface area contributed by atoms with Crippen LogP contribution >= 0.6 is 11.8 Å². The number of benzene rings is 1. The first-order valence-electron chi connectivity index (χ1n) is 5.83. The van der Waals surface area contributed by atoms with Crippen molar-refractivity contribution in [3.05, 3.63) is 30.5 Å². The smallest absolute Gasteiger partial charge is 0.174 e. The summed E-state index contributed by atoms with van der Waals surface area (Å²) in [5.41, 5.74) is 1.97. The molecular formula is C13H14N4OS. The van der Waals surface area contributed by atoms with Crippen LogP contribution in [0.5, 0.6) is 5.75 Å². The van der Waals surface area contributed by atoms with E-state index in [9.17, 15) is 0 Å². The summed E-state index contributed by atoms with van der Waals surface area (Å²) in [5, 5.41) is 5.16. The molecule has 0 radical (unpaired) electrons. The molecule has 0 spiro atoms. The van der Waals surface area contributed by atoms with E-state index in [0.29, 0.717) is 0 Å². The van der Waals surface area contributed by atoms with Crippen molar-refractivity contribution >= 4 is 22.8 Å². The minimum Gasteiger partial charge on any atom is -0.497 e. The van der Waals surface area contributed by atoms with E-state index in [-0.39, 0.29) is 0 Å². The van der Waals surface area contributed by atoms with Gasteiger partial charge in [-0.1, -0.05) is 11.8 Å². The highest BCUT2D eigenvalue weighted by atomic mass is 32.2. The van der Waals surface area contributed by atoms with Crippen molar-refractivity contribution < 1.29 is 4.74 Å². The SMILES string of the molecule is COc1ccc2c(c1)nc(SC)n2-c1ccnn1C. The summed E-state index contributed by atoms with van der Waals surface area (Å²) < 4.78 is 9.19. The highest BCUT2D eigenvalue weighted by Gasteiger charge is 2.14. The number of imidazole rings is 1. The predicted octanol–water partition coefficient (Wildman–Crippen LogP) is 2.49. The summed E-state index contributed by atoms with van der Waals surface area (Å²) in [4.78, 5) is 4.64. The number of nitrogens with zero attached hydrogens (tertiary/aromatic N) is 4. The Morgan fingerprint density at radius 2 is 2.11 bits per heavy atom. The van der Waals surface area contributed by atoms with E-state index in [2.05, 4.69) is 14.6 Å². The summed E-state index contributed by atoms with van der Waals surface area (Å²) in [5.74, 6) is 1.81. The molecule has 0 bridgehead atoms. The van der Waals surface area contributed by atoms with Crippen molar-refractivity contribution in [2.24, 2.45) is 7.05 Å². The zero-order valence-corrected chi connectivity index (χ0v) is 11.8. The summed E-state index contributed by atoms with van der Waals surface area (Å²) >= 11 is 1.61. The van der Waals surface area contributed by atoms with Crippen LogP contribution in [0.3, 0.4) is 0 Å². The van der Waals surface area contributed by atoms with Gasteiger partial charge in [0.1, 0.15) is 11.6 Å². The zero-order valence-electron chi connectivity index (χ0n) is 11.0. The lowest BCUT2D eigenvalue weighted by Gasteiger charge is -2.07. The number of fused-ring (bicyclic) bond motifs is 1. The number of rotatable bonds is 3. The molecule has 3 aromatic rings. The van der Waals surface area contributed by atoms with Gasteiger partial charge in [0.05, 0.1) is 24.3 Å². The first kappa shape index (κ1) is 12.1. The molecule has 0 unspecified atom stereocenters. The minimum atomic E-state index is 0.815. The summed E-state index contributed by atoms with van der Waals surface area (Å²) in [6.45, 7) is 0. The van der Waals surface area contributed by atoms with Crippen molar-refractivity contribution in [3.8, 4) is 11.6 Å². The van der Waals surface area contributed by atoms with Gasteiger partial charge < -0.3 is 4.74 Å². The fourth-order valence-corrected chi connectivity index (χ4v) is 2.67. The standard InChI is InChI=1S/C13H14N4OS/c1-16-12(6-7-14-16)17-11-5-4-9(18-2)8-10(11)15-13(17)19-3/h4-8H,1-3H3. The Hall–Kier alpha value is -1.95. The fourth-order valence-electron chi connectivity index (χ4n) is 2.11. The van der Waals surface area contributed by atoms with Crippen molar-refractivity contribution in [2.45, 2.75) is 5.16 Å². The normalized spacial score (nSPS) is 11.1. The van der Waals surface area contributed by atoms with Crippen LogP contribution in [-0.4, -0.2) is 32.7 Å². The molecule has 6 heteroatoms. The lowest BCUT2D eigenvalue weighted by molar-refractivity contribution is 0.415. The number of thioether (sulfide) groups is 1. The summed E-state index contributed by atoms with van der Waals surface area (Å²) in [7, 11) is 3.59. The molecule has 0 saturated heterocycles. The van der Waals surface area contributed by atoms with E-state index < -0.39 is 0 Å². The van der Waals surface area contributed by atoms with Gasteiger partial charge in [0, 0.05) is 19.2 Å². The molecule has 0 fully saturated rings. The molecule has 98 valence electrons. The maximum absolute atomic E-state index is 5.25. The van der Waals surface area contributed by atoms with Crippen molar-refractivity contribution in [2.75, 3.05) is 13.4 Å².